The fourth-order valence-corrected chi connectivity index (χ4v) is 3.92. The van der Waals surface area contributed by atoms with Gasteiger partial charge in [-0.2, -0.15) is 0 Å². The summed E-state index contributed by atoms with van der Waals surface area (Å²) in [7, 11) is 3.05. The van der Waals surface area contributed by atoms with Gasteiger partial charge in [0.25, 0.3) is 5.56 Å². The molecule has 0 fully saturated rings. The number of nitrogens with one attached hydrogen (secondary N) is 2. The highest BCUT2D eigenvalue weighted by atomic mass is 16.2. The summed E-state index contributed by atoms with van der Waals surface area (Å²) in [6, 6.07) is 9.97. The number of amides is 1. The molecule has 8 heteroatoms. The van der Waals surface area contributed by atoms with Gasteiger partial charge in [-0.05, 0) is 30.2 Å². The topological polar surface area (TPSA) is 90.1 Å². The SMILES string of the molecule is Cn1c(=O)c2ccn(CC(=O)NCC3NCCc4ccccc43)c2n(C)c1=O. The average Bonchev–Trinajstić information content (AvgIpc) is 3.12. The van der Waals surface area contributed by atoms with E-state index in [9.17, 15) is 14.4 Å². The summed E-state index contributed by atoms with van der Waals surface area (Å²) in [5.41, 5.74) is 2.19. The van der Waals surface area contributed by atoms with Gasteiger partial charge in [0.1, 0.15) is 12.2 Å². The summed E-state index contributed by atoms with van der Waals surface area (Å²) in [6.45, 7) is 1.40. The molecule has 28 heavy (non-hydrogen) atoms. The Balaban J connectivity index is 1.51. The van der Waals surface area contributed by atoms with Crippen LogP contribution in [0.5, 0.6) is 0 Å². The number of hydrogen-bond acceptors (Lipinski definition) is 4. The highest BCUT2D eigenvalue weighted by molar-refractivity contribution is 5.80. The third-order valence-corrected chi connectivity index (χ3v) is 5.39. The molecule has 1 aliphatic rings. The van der Waals surface area contributed by atoms with Gasteiger partial charge < -0.3 is 15.2 Å². The van der Waals surface area contributed by atoms with E-state index in [2.05, 4.69) is 22.8 Å². The first-order valence-electron chi connectivity index (χ1n) is 9.30. The average molecular weight is 381 g/mol. The highest BCUT2D eigenvalue weighted by Gasteiger charge is 2.20. The van der Waals surface area contributed by atoms with Crippen LogP contribution >= 0.6 is 0 Å². The Labute approximate surface area is 161 Å². The normalized spacial score (nSPS) is 16.1. The minimum absolute atomic E-state index is 0.0400. The Bertz CT molecular complexity index is 1170. The minimum atomic E-state index is -0.416. The van der Waals surface area contributed by atoms with E-state index in [-0.39, 0.29) is 24.1 Å². The summed E-state index contributed by atoms with van der Waals surface area (Å²) in [4.78, 5) is 37.0. The predicted molar refractivity (Wildman–Crippen MR) is 106 cm³/mol. The van der Waals surface area contributed by atoms with E-state index in [1.807, 2.05) is 12.1 Å². The molecule has 1 unspecified atom stereocenters. The van der Waals surface area contributed by atoms with Gasteiger partial charge in [-0.25, -0.2) is 4.79 Å². The van der Waals surface area contributed by atoms with Crippen LogP contribution < -0.4 is 21.9 Å². The van der Waals surface area contributed by atoms with Gasteiger partial charge in [-0.1, -0.05) is 24.3 Å². The number of aromatic nitrogens is 3. The first kappa shape index (κ1) is 18.2. The molecule has 2 N–H and O–H groups in total. The first-order valence-corrected chi connectivity index (χ1v) is 9.30. The van der Waals surface area contributed by atoms with Crippen LogP contribution in [-0.4, -0.2) is 32.7 Å². The van der Waals surface area contributed by atoms with E-state index in [1.165, 1.54) is 22.7 Å². The van der Waals surface area contributed by atoms with E-state index in [0.717, 1.165) is 17.5 Å². The summed E-state index contributed by atoms with van der Waals surface area (Å²) < 4.78 is 4.09. The van der Waals surface area contributed by atoms with Gasteiger partial charge in [-0.15, -0.1) is 0 Å². The molecule has 0 bridgehead atoms. The van der Waals surface area contributed by atoms with Gasteiger partial charge in [-0.3, -0.25) is 18.7 Å². The molecule has 1 aromatic carbocycles. The maximum atomic E-state index is 12.5. The number of carbonyl (C=O) groups excluding carboxylic acids is 1. The number of benzene rings is 1. The van der Waals surface area contributed by atoms with Gasteiger partial charge >= 0.3 is 5.69 Å². The largest absolute Gasteiger partial charge is 0.353 e. The maximum Gasteiger partial charge on any atom is 0.332 e. The molecule has 1 atom stereocenters. The quantitative estimate of drug-likeness (QED) is 0.668. The molecule has 8 nitrogen and oxygen atoms in total. The van der Waals surface area contributed by atoms with Crippen molar-refractivity contribution in [3.8, 4) is 0 Å². The number of nitrogens with zero attached hydrogens (tertiary/aromatic N) is 3. The Hall–Kier alpha value is -3.13. The molecule has 0 saturated heterocycles. The van der Waals surface area contributed by atoms with E-state index in [1.54, 1.807) is 23.9 Å². The lowest BCUT2D eigenvalue weighted by atomic mass is 9.94. The smallest absolute Gasteiger partial charge is 0.332 e. The number of hydrogen-bond donors (Lipinski definition) is 2. The number of carbonyl (C=O) groups is 1. The summed E-state index contributed by atoms with van der Waals surface area (Å²) in [5, 5.41) is 6.82. The molecule has 0 radical (unpaired) electrons. The molecule has 146 valence electrons. The molecule has 1 aliphatic heterocycles. The Morgan fingerprint density at radius 3 is 2.79 bits per heavy atom. The van der Waals surface area contributed by atoms with Crippen molar-refractivity contribution in [2.75, 3.05) is 13.1 Å². The van der Waals surface area contributed by atoms with Crippen molar-refractivity contribution in [2.24, 2.45) is 14.1 Å². The molecular weight excluding hydrogens is 358 g/mol. The highest BCUT2D eigenvalue weighted by Crippen LogP contribution is 2.21. The molecule has 4 rings (SSSR count). The third kappa shape index (κ3) is 3.05. The van der Waals surface area contributed by atoms with Crippen LogP contribution in [0.3, 0.4) is 0 Å². The van der Waals surface area contributed by atoms with Crippen LogP contribution in [0, 0.1) is 0 Å². The second-order valence-corrected chi connectivity index (χ2v) is 7.15. The van der Waals surface area contributed by atoms with Gasteiger partial charge in [0.05, 0.1) is 5.39 Å². The maximum absolute atomic E-state index is 12.5. The number of rotatable bonds is 4. The fourth-order valence-electron chi connectivity index (χ4n) is 3.92. The van der Waals surface area contributed by atoms with Crippen molar-refractivity contribution in [2.45, 2.75) is 19.0 Å². The van der Waals surface area contributed by atoms with Crippen molar-refractivity contribution < 1.29 is 4.79 Å². The molecule has 1 amide bonds. The van der Waals surface area contributed by atoms with Crippen molar-refractivity contribution >= 4 is 16.9 Å². The lowest BCUT2D eigenvalue weighted by molar-refractivity contribution is -0.121. The number of fused-ring (bicyclic) bond motifs is 2. The lowest BCUT2D eigenvalue weighted by Crippen LogP contribution is -2.40. The van der Waals surface area contributed by atoms with Gasteiger partial charge in [0.15, 0.2) is 0 Å². The lowest BCUT2D eigenvalue weighted by Gasteiger charge is -2.27. The van der Waals surface area contributed by atoms with Crippen LogP contribution in [0.25, 0.3) is 11.0 Å². The first-order chi connectivity index (χ1) is 13.5. The molecular formula is C20H23N5O3. The second-order valence-electron chi connectivity index (χ2n) is 7.15. The zero-order valence-electron chi connectivity index (χ0n) is 15.9. The molecule has 3 aromatic rings. The Morgan fingerprint density at radius 1 is 1.18 bits per heavy atom. The fraction of sp³-hybridized carbons (Fsp3) is 0.350. The standard InChI is InChI=1S/C20H23N5O3/c1-23-18-15(19(27)24(2)20(23)28)8-10-25(18)12-17(26)22-11-16-14-6-4-3-5-13(14)7-9-21-16/h3-6,8,10,16,21H,7,9,11-12H2,1-2H3,(H,22,26). The van der Waals surface area contributed by atoms with Crippen molar-refractivity contribution in [1.29, 1.82) is 0 Å². The molecule has 0 aliphatic carbocycles. The van der Waals surface area contributed by atoms with E-state index < -0.39 is 5.69 Å². The van der Waals surface area contributed by atoms with Crippen LogP contribution in [0.1, 0.15) is 17.2 Å². The van der Waals surface area contributed by atoms with E-state index >= 15 is 0 Å². The predicted octanol–water partition coefficient (Wildman–Crippen LogP) is 0.0419. The van der Waals surface area contributed by atoms with Crippen molar-refractivity contribution in [3.63, 3.8) is 0 Å². The summed E-state index contributed by atoms with van der Waals surface area (Å²) in [5.74, 6) is -0.171. The Morgan fingerprint density at radius 2 is 1.96 bits per heavy atom. The molecule has 0 saturated carbocycles. The van der Waals surface area contributed by atoms with E-state index in [0.29, 0.717) is 17.6 Å². The van der Waals surface area contributed by atoms with Crippen molar-refractivity contribution in [1.82, 2.24) is 24.3 Å². The minimum Gasteiger partial charge on any atom is -0.353 e. The van der Waals surface area contributed by atoms with Crippen LogP contribution in [0.15, 0.2) is 46.1 Å². The summed E-state index contributed by atoms with van der Waals surface area (Å²) in [6.07, 6.45) is 2.65. The van der Waals surface area contributed by atoms with Crippen molar-refractivity contribution in [3.05, 3.63) is 68.5 Å². The van der Waals surface area contributed by atoms with Gasteiger partial charge in [0.2, 0.25) is 5.91 Å². The zero-order chi connectivity index (χ0) is 19.8. The number of aryl methyl sites for hydroxylation is 1. The molecule has 3 heterocycles. The molecule has 2 aromatic heterocycles. The Kier molecular flexibility index (Phi) is 4.64. The van der Waals surface area contributed by atoms with Gasteiger partial charge in [0, 0.05) is 32.9 Å². The van der Waals surface area contributed by atoms with E-state index in [4.69, 9.17) is 0 Å². The second kappa shape index (κ2) is 7.12. The van der Waals surface area contributed by atoms with Crippen LogP contribution in [0.4, 0.5) is 0 Å². The monoisotopic (exact) mass is 381 g/mol. The zero-order valence-corrected chi connectivity index (χ0v) is 15.9. The molecule has 0 spiro atoms. The van der Waals surface area contributed by atoms with Crippen LogP contribution in [0.2, 0.25) is 0 Å². The summed E-state index contributed by atoms with van der Waals surface area (Å²) >= 11 is 0. The third-order valence-electron chi connectivity index (χ3n) is 5.39. The van der Waals surface area contributed by atoms with Crippen LogP contribution in [-0.2, 0) is 31.9 Å².